The van der Waals surface area contributed by atoms with Crippen LogP contribution in [0.15, 0.2) is 47.9 Å². The van der Waals surface area contributed by atoms with Crippen LogP contribution in [0.3, 0.4) is 0 Å². The first-order valence-electron chi connectivity index (χ1n) is 7.96. The van der Waals surface area contributed by atoms with Crippen LogP contribution in [0.5, 0.6) is 0 Å². The lowest BCUT2D eigenvalue weighted by Gasteiger charge is -2.20. The maximum absolute atomic E-state index is 12.3. The minimum atomic E-state index is -0.185. The van der Waals surface area contributed by atoms with Crippen molar-refractivity contribution in [2.24, 2.45) is 0 Å². The molecule has 4 nitrogen and oxygen atoms in total. The molecule has 0 unspecified atom stereocenters. The van der Waals surface area contributed by atoms with Crippen molar-refractivity contribution in [3.63, 3.8) is 0 Å². The summed E-state index contributed by atoms with van der Waals surface area (Å²) in [5, 5.41) is 4.83. The summed E-state index contributed by atoms with van der Waals surface area (Å²) in [6.45, 7) is 4.53. The van der Waals surface area contributed by atoms with Gasteiger partial charge in [-0.1, -0.05) is 31.2 Å². The quantitative estimate of drug-likeness (QED) is 0.775. The number of thiophene rings is 1. The highest BCUT2D eigenvalue weighted by molar-refractivity contribution is 7.10. The van der Waals surface area contributed by atoms with Crippen LogP contribution < -0.4 is 5.32 Å². The molecule has 0 aliphatic heterocycles. The molecule has 2 amide bonds. The third kappa shape index (κ3) is 5.35. The molecule has 0 radical (unpaired) electrons. The average Bonchev–Trinajstić information content (AvgIpc) is 3.08. The average molecular weight is 342 g/mol. The highest BCUT2D eigenvalue weighted by Gasteiger charge is 2.14. The fourth-order valence-corrected chi connectivity index (χ4v) is 2.88. The Balaban J connectivity index is 1.98. The molecule has 24 heavy (non-hydrogen) atoms. The van der Waals surface area contributed by atoms with Gasteiger partial charge in [0.25, 0.3) is 0 Å². The van der Waals surface area contributed by atoms with E-state index in [4.69, 9.17) is 0 Å². The largest absolute Gasteiger partial charge is 0.330 e. The first-order chi connectivity index (χ1) is 11.6. The molecule has 126 valence electrons. The fraction of sp³-hybridized carbons (Fsp3) is 0.263. The summed E-state index contributed by atoms with van der Waals surface area (Å²) in [6, 6.07) is 11.5. The maximum atomic E-state index is 12.3. The predicted molar refractivity (Wildman–Crippen MR) is 100 cm³/mol. The van der Waals surface area contributed by atoms with Crippen molar-refractivity contribution >= 4 is 34.9 Å². The van der Waals surface area contributed by atoms with Gasteiger partial charge in [-0.05, 0) is 42.5 Å². The Morgan fingerprint density at radius 3 is 2.67 bits per heavy atom. The van der Waals surface area contributed by atoms with Gasteiger partial charge < -0.3 is 10.2 Å². The Kier molecular flexibility index (Phi) is 6.75. The summed E-state index contributed by atoms with van der Waals surface area (Å²) < 4.78 is 0. The second-order valence-corrected chi connectivity index (χ2v) is 6.45. The molecule has 0 bridgehead atoms. The van der Waals surface area contributed by atoms with Crippen molar-refractivity contribution in [1.29, 1.82) is 0 Å². The van der Waals surface area contributed by atoms with E-state index in [-0.39, 0.29) is 18.4 Å². The number of para-hydroxylation sites is 1. The summed E-state index contributed by atoms with van der Waals surface area (Å²) in [4.78, 5) is 27.2. The van der Waals surface area contributed by atoms with Crippen molar-refractivity contribution in [3.05, 3.63) is 58.3 Å². The summed E-state index contributed by atoms with van der Waals surface area (Å²) >= 11 is 1.57. The molecule has 0 spiro atoms. The second-order valence-electron chi connectivity index (χ2n) is 5.47. The number of hydrogen-bond donors (Lipinski definition) is 1. The van der Waals surface area contributed by atoms with Gasteiger partial charge >= 0.3 is 0 Å². The standard InChI is InChI=1S/C19H22N2O2S/c1-3-12-21(19(23)11-10-16-8-6-13-24-16)14-18(22)20-17-9-5-4-7-15(17)2/h4-11,13H,3,12,14H2,1-2H3,(H,20,22)/b11-10+. The number of nitrogens with one attached hydrogen (secondary N) is 1. The monoisotopic (exact) mass is 342 g/mol. The Labute approximate surface area is 146 Å². The van der Waals surface area contributed by atoms with Gasteiger partial charge in [-0.3, -0.25) is 9.59 Å². The molecule has 0 fully saturated rings. The normalized spacial score (nSPS) is 10.8. The topological polar surface area (TPSA) is 49.4 Å². The van der Waals surface area contributed by atoms with Crippen LogP contribution in [0.2, 0.25) is 0 Å². The Morgan fingerprint density at radius 1 is 1.21 bits per heavy atom. The Morgan fingerprint density at radius 2 is 2.00 bits per heavy atom. The molecule has 0 saturated carbocycles. The van der Waals surface area contributed by atoms with E-state index in [1.165, 1.54) is 6.08 Å². The number of carbonyl (C=O) groups excluding carboxylic acids is 2. The van der Waals surface area contributed by atoms with Gasteiger partial charge in [0.05, 0.1) is 0 Å². The van der Waals surface area contributed by atoms with E-state index in [1.807, 2.05) is 55.6 Å². The number of aryl methyl sites for hydroxylation is 1. The lowest BCUT2D eigenvalue weighted by Crippen LogP contribution is -2.37. The molecule has 1 N–H and O–H groups in total. The van der Waals surface area contributed by atoms with E-state index in [9.17, 15) is 9.59 Å². The van der Waals surface area contributed by atoms with Gasteiger partial charge in [0, 0.05) is 23.2 Å². The van der Waals surface area contributed by atoms with Gasteiger partial charge in [0.1, 0.15) is 6.54 Å². The summed E-state index contributed by atoms with van der Waals surface area (Å²) in [5.41, 5.74) is 1.78. The van der Waals surface area contributed by atoms with Gasteiger partial charge in [-0.15, -0.1) is 11.3 Å². The molecule has 2 rings (SSSR count). The second kappa shape index (κ2) is 9.03. The molecule has 0 atom stereocenters. The van der Waals surface area contributed by atoms with E-state index in [2.05, 4.69) is 5.32 Å². The molecule has 5 heteroatoms. The van der Waals surface area contributed by atoms with E-state index >= 15 is 0 Å². The lowest BCUT2D eigenvalue weighted by atomic mass is 10.2. The highest BCUT2D eigenvalue weighted by atomic mass is 32.1. The maximum Gasteiger partial charge on any atom is 0.247 e. The van der Waals surface area contributed by atoms with Crippen LogP contribution in [0.25, 0.3) is 6.08 Å². The van der Waals surface area contributed by atoms with Crippen LogP contribution in [-0.2, 0) is 9.59 Å². The van der Waals surface area contributed by atoms with Crippen molar-refractivity contribution in [2.75, 3.05) is 18.4 Å². The highest BCUT2D eigenvalue weighted by Crippen LogP contribution is 2.13. The third-order valence-electron chi connectivity index (χ3n) is 3.49. The zero-order valence-corrected chi connectivity index (χ0v) is 14.8. The van der Waals surface area contributed by atoms with Gasteiger partial charge in [-0.25, -0.2) is 0 Å². The molecule has 1 heterocycles. The third-order valence-corrected chi connectivity index (χ3v) is 4.33. The number of hydrogen-bond acceptors (Lipinski definition) is 3. The minimum Gasteiger partial charge on any atom is -0.330 e. The summed E-state index contributed by atoms with van der Waals surface area (Å²) in [7, 11) is 0. The summed E-state index contributed by atoms with van der Waals surface area (Å²) in [5.74, 6) is -0.333. The molecular formula is C19H22N2O2S. The molecule has 0 aliphatic carbocycles. The van der Waals surface area contributed by atoms with E-state index < -0.39 is 0 Å². The van der Waals surface area contributed by atoms with E-state index in [0.29, 0.717) is 6.54 Å². The van der Waals surface area contributed by atoms with Crippen LogP contribution in [-0.4, -0.2) is 29.8 Å². The van der Waals surface area contributed by atoms with Crippen LogP contribution in [0.4, 0.5) is 5.69 Å². The van der Waals surface area contributed by atoms with Gasteiger partial charge in [-0.2, -0.15) is 0 Å². The fourth-order valence-electron chi connectivity index (χ4n) is 2.26. The number of rotatable bonds is 7. The zero-order valence-electron chi connectivity index (χ0n) is 14.0. The molecule has 1 aromatic heterocycles. The predicted octanol–water partition coefficient (Wildman–Crippen LogP) is 3.95. The Bertz CT molecular complexity index is 708. The lowest BCUT2D eigenvalue weighted by molar-refractivity contribution is -0.130. The molecule has 2 aromatic rings. The van der Waals surface area contributed by atoms with Crippen molar-refractivity contribution in [2.45, 2.75) is 20.3 Å². The molecule has 1 aromatic carbocycles. The number of nitrogens with zero attached hydrogens (tertiary/aromatic N) is 1. The smallest absolute Gasteiger partial charge is 0.247 e. The van der Waals surface area contributed by atoms with Gasteiger partial charge in [0.15, 0.2) is 0 Å². The van der Waals surface area contributed by atoms with Crippen LogP contribution in [0, 0.1) is 6.92 Å². The number of carbonyl (C=O) groups is 2. The first-order valence-corrected chi connectivity index (χ1v) is 8.84. The number of amides is 2. The van der Waals surface area contributed by atoms with Crippen LogP contribution >= 0.6 is 11.3 Å². The number of anilines is 1. The van der Waals surface area contributed by atoms with Crippen LogP contribution in [0.1, 0.15) is 23.8 Å². The SMILES string of the molecule is CCCN(CC(=O)Nc1ccccc1C)C(=O)/C=C/c1cccs1. The molecule has 0 aliphatic rings. The van der Waals surface area contributed by atoms with Gasteiger partial charge in [0.2, 0.25) is 11.8 Å². The van der Waals surface area contributed by atoms with Crippen molar-refractivity contribution in [1.82, 2.24) is 4.90 Å². The zero-order chi connectivity index (χ0) is 17.4. The van der Waals surface area contributed by atoms with E-state index in [0.717, 1.165) is 22.5 Å². The van der Waals surface area contributed by atoms with Crippen molar-refractivity contribution in [3.8, 4) is 0 Å². The Hall–Kier alpha value is -2.40. The minimum absolute atomic E-state index is 0.0514. The summed E-state index contributed by atoms with van der Waals surface area (Å²) in [6.07, 6.45) is 4.12. The molecular weight excluding hydrogens is 320 g/mol. The van der Waals surface area contributed by atoms with Crippen molar-refractivity contribution < 1.29 is 9.59 Å². The number of benzene rings is 1. The molecule has 0 saturated heterocycles. The van der Waals surface area contributed by atoms with E-state index in [1.54, 1.807) is 22.3 Å². The first kappa shape index (κ1) is 17.9.